The Kier molecular flexibility index (Phi) is 6.70. The van der Waals surface area contributed by atoms with Crippen LogP contribution in [0.15, 0.2) is 78.9 Å². The third-order valence-electron chi connectivity index (χ3n) is 5.37. The highest BCUT2D eigenvalue weighted by Crippen LogP contribution is 2.32. The summed E-state index contributed by atoms with van der Waals surface area (Å²) < 4.78 is 11.2. The molecule has 2 N–H and O–H groups in total. The number of carbonyl (C=O) groups excluding carboxylic acids is 2. The molecular weight excluding hydrogens is 404 g/mol. The molecule has 0 aliphatic carbocycles. The fourth-order valence-electron chi connectivity index (χ4n) is 3.62. The first-order valence-electron chi connectivity index (χ1n) is 10.7. The van der Waals surface area contributed by atoms with Gasteiger partial charge in [0.1, 0.15) is 19.3 Å². The van der Waals surface area contributed by atoms with Crippen LogP contribution in [-0.2, 0) is 11.2 Å². The lowest BCUT2D eigenvalue weighted by Gasteiger charge is -2.23. The topological polar surface area (TPSA) is 76.7 Å². The third-order valence-corrected chi connectivity index (χ3v) is 5.37. The minimum absolute atomic E-state index is 0.250. The quantitative estimate of drug-likeness (QED) is 0.600. The SMILES string of the molecule is C[C@@H](NC(=O)[C@@H](Cc1ccccc1)NC(=O)c1ccccc1)c1ccc2c(c1)OCCO2. The Morgan fingerprint density at radius 1 is 0.844 bits per heavy atom. The van der Waals surface area contributed by atoms with E-state index in [1.165, 1.54) is 0 Å². The number of hydrogen-bond acceptors (Lipinski definition) is 4. The lowest BCUT2D eigenvalue weighted by atomic mass is 10.0. The predicted molar refractivity (Wildman–Crippen MR) is 122 cm³/mol. The standard InChI is InChI=1S/C26H26N2O4/c1-18(21-12-13-23-24(17-21)32-15-14-31-23)27-26(30)22(16-19-8-4-2-5-9-19)28-25(29)20-10-6-3-7-11-20/h2-13,17-18,22H,14-16H2,1H3,(H,27,30)(H,28,29)/t18-,22-/m1/s1. The molecule has 0 fully saturated rings. The summed E-state index contributed by atoms with van der Waals surface area (Å²) >= 11 is 0. The second-order valence-electron chi connectivity index (χ2n) is 7.72. The number of amides is 2. The van der Waals surface area contributed by atoms with Crippen LogP contribution in [0.25, 0.3) is 0 Å². The Labute approximate surface area is 187 Å². The van der Waals surface area contributed by atoms with E-state index < -0.39 is 6.04 Å². The van der Waals surface area contributed by atoms with Crippen molar-refractivity contribution in [2.24, 2.45) is 0 Å². The Balaban J connectivity index is 1.49. The van der Waals surface area contributed by atoms with Crippen molar-refractivity contribution >= 4 is 11.8 Å². The van der Waals surface area contributed by atoms with Crippen molar-refractivity contribution in [3.8, 4) is 11.5 Å². The number of carbonyl (C=O) groups is 2. The van der Waals surface area contributed by atoms with Gasteiger partial charge in [-0.15, -0.1) is 0 Å². The molecule has 0 spiro atoms. The second-order valence-corrected chi connectivity index (χ2v) is 7.72. The van der Waals surface area contributed by atoms with Crippen molar-refractivity contribution in [1.29, 1.82) is 0 Å². The van der Waals surface area contributed by atoms with Crippen LogP contribution in [0.1, 0.15) is 34.5 Å². The van der Waals surface area contributed by atoms with Gasteiger partial charge < -0.3 is 20.1 Å². The summed E-state index contributed by atoms with van der Waals surface area (Å²) in [5.74, 6) is 0.845. The molecule has 32 heavy (non-hydrogen) atoms. The van der Waals surface area contributed by atoms with E-state index in [1.807, 2.05) is 61.5 Å². The van der Waals surface area contributed by atoms with Crippen LogP contribution in [0.2, 0.25) is 0 Å². The number of benzene rings is 3. The number of hydrogen-bond donors (Lipinski definition) is 2. The van der Waals surface area contributed by atoms with Gasteiger partial charge in [-0.3, -0.25) is 9.59 Å². The summed E-state index contributed by atoms with van der Waals surface area (Å²) in [6.45, 7) is 2.94. The first-order chi connectivity index (χ1) is 15.6. The lowest BCUT2D eigenvalue weighted by Crippen LogP contribution is -2.48. The zero-order valence-corrected chi connectivity index (χ0v) is 17.9. The molecule has 0 radical (unpaired) electrons. The zero-order valence-electron chi connectivity index (χ0n) is 17.9. The largest absolute Gasteiger partial charge is 0.486 e. The average molecular weight is 431 g/mol. The fourth-order valence-corrected chi connectivity index (χ4v) is 3.62. The van der Waals surface area contributed by atoms with E-state index in [9.17, 15) is 9.59 Å². The maximum atomic E-state index is 13.2. The highest BCUT2D eigenvalue weighted by molar-refractivity contribution is 5.97. The van der Waals surface area contributed by atoms with Crippen LogP contribution in [0.4, 0.5) is 0 Å². The van der Waals surface area contributed by atoms with Crippen LogP contribution < -0.4 is 20.1 Å². The van der Waals surface area contributed by atoms with Gasteiger partial charge in [0.2, 0.25) is 5.91 Å². The van der Waals surface area contributed by atoms with Gasteiger partial charge in [-0.1, -0.05) is 54.6 Å². The summed E-state index contributed by atoms with van der Waals surface area (Å²) in [6, 6.07) is 23.2. The minimum Gasteiger partial charge on any atom is -0.486 e. The van der Waals surface area contributed by atoms with Gasteiger partial charge in [-0.25, -0.2) is 0 Å². The Morgan fingerprint density at radius 2 is 1.50 bits per heavy atom. The summed E-state index contributed by atoms with van der Waals surface area (Å²) in [4.78, 5) is 25.9. The van der Waals surface area contributed by atoms with E-state index >= 15 is 0 Å². The molecule has 164 valence electrons. The van der Waals surface area contributed by atoms with Gasteiger partial charge in [0.05, 0.1) is 6.04 Å². The third kappa shape index (κ3) is 5.27. The van der Waals surface area contributed by atoms with Crippen LogP contribution in [0.5, 0.6) is 11.5 Å². The van der Waals surface area contributed by atoms with Gasteiger partial charge in [0, 0.05) is 12.0 Å². The van der Waals surface area contributed by atoms with Crippen molar-refractivity contribution in [2.45, 2.75) is 25.4 Å². The van der Waals surface area contributed by atoms with E-state index in [0.717, 1.165) is 11.1 Å². The molecule has 2 amide bonds. The number of fused-ring (bicyclic) bond motifs is 1. The van der Waals surface area contributed by atoms with Gasteiger partial charge in [0.15, 0.2) is 11.5 Å². The summed E-state index contributed by atoms with van der Waals surface area (Å²) in [6.07, 6.45) is 0.388. The van der Waals surface area contributed by atoms with Gasteiger partial charge in [-0.05, 0) is 42.3 Å². The molecule has 0 saturated carbocycles. The van der Waals surface area contributed by atoms with E-state index in [4.69, 9.17) is 9.47 Å². The first kappa shape index (κ1) is 21.4. The minimum atomic E-state index is -0.718. The molecule has 3 aromatic carbocycles. The van der Waals surface area contributed by atoms with Crippen molar-refractivity contribution in [2.75, 3.05) is 13.2 Å². The van der Waals surface area contributed by atoms with E-state index in [1.54, 1.807) is 24.3 Å². The van der Waals surface area contributed by atoms with Crippen LogP contribution in [0.3, 0.4) is 0 Å². The molecular formula is C26H26N2O4. The van der Waals surface area contributed by atoms with E-state index in [2.05, 4.69) is 10.6 Å². The maximum absolute atomic E-state index is 13.2. The van der Waals surface area contributed by atoms with Gasteiger partial charge in [-0.2, -0.15) is 0 Å². The Morgan fingerprint density at radius 3 is 2.22 bits per heavy atom. The fraction of sp³-hybridized carbons (Fsp3) is 0.231. The summed E-state index contributed by atoms with van der Waals surface area (Å²) in [7, 11) is 0. The predicted octanol–water partition coefficient (Wildman–Crippen LogP) is 3.68. The smallest absolute Gasteiger partial charge is 0.251 e. The highest BCUT2D eigenvalue weighted by atomic mass is 16.6. The molecule has 0 unspecified atom stereocenters. The molecule has 0 bridgehead atoms. The molecule has 1 heterocycles. The average Bonchev–Trinajstić information content (AvgIpc) is 2.84. The number of nitrogens with one attached hydrogen (secondary N) is 2. The second kappa shape index (κ2) is 10.0. The molecule has 6 nitrogen and oxygen atoms in total. The van der Waals surface area contributed by atoms with Gasteiger partial charge >= 0.3 is 0 Å². The highest BCUT2D eigenvalue weighted by Gasteiger charge is 2.24. The van der Waals surface area contributed by atoms with Crippen LogP contribution in [-0.4, -0.2) is 31.1 Å². The number of rotatable bonds is 7. The monoisotopic (exact) mass is 430 g/mol. The first-order valence-corrected chi connectivity index (χ1v) is 10.7. The molecule has 0 saturated heterocycles. The van der Waals surface area contributed by atoms with Crippen molar-refractivity contribution in [1.82, 2.24) is 10.6 Å². The summed E-state index contributed by atoms with van der Waals surface area (Å²) in [5.41, 5.74) is 2.38. The molecule has 6 heteroatoms. The maximum Gasteiger partial charge on any atom is 0.251 e. The van der Waals surface area contributed by atoms with E-state index in [-0.39, 0.29) is 17.9 Å². The molecule has 0 aromatic heterocycles. The van der Waals surface area contributed by atoms with Gasteiger partial charge in [0.25, 0.3) is 5.91 Å². The zero-order chi connectivity index (χ0) is 22.3. The molecule has 3 aromatic rings. The van der Waals surface area contributed by atoms with Crippen molar-refractivity contribution < 1.29 is 19.1 Å². The Hall–Kier alpha value is -3.80. The molecule has 2 atom stereocenters. The van der Waals surface area contributed by atoms with Crippen molar-refractivity contribution in [3.63, 3.8) is 0 Å². The Bertz CT molecular complexity index is 1070. The number of ether oxygens (including phenoxy) is 2. The van der Waals surface area contributed by atoms with Crippen LogP contribution in [0, 0.1) is 0 Å². The lowest BCUT2D eigenvalue weighted by molar-refractivity contribution is -0.123. The van der Waals surface area contributed by atoms with E-state index in [0.29, 0.717) is 36.7 Å². The molecule has 1 aliphatic rings. The van der Waals surface area contributed by atoms with Crippen LogP contribution >= 0.6 is 0 Å². The van der Waals surface area contributed by atoms with Crippen molar-refractivity contribution in [3.05, 3.63) is 95.6 Å². The summed E-state index contributed by atoms with van der Waals surface area (Å²) in [5, 5.41) is 5.92. The molecule has 1 aliphatic heterocycles. The normalized spacial score (nSPS) is 14.2. The molecule has 4 rings (SSSR count).